The Bertz CT molecular complexity index is 310. The molecule has 0 aliphatic rings. The minimum absolute atomic E-state index is 0.727. The molecule has 0 aromatic heterocycles. The molecule has 0 heterocycles. The maximum Gasteiger partial charge on any atom is 0.172 e. The van der Waals surface area contributed by atoms with Crippen LogP contribution in [0.15, 0.2) is 24.3 Å². The van der Waals surface area contributed by atoms with Gasteiger partial charge >= 0.3 is 0 Å². The van der Waals surface area contributed by atoms with Crippen molar-refractivity contribution in [1.82, 2.24) is 5.32 Å². The van der Waals surface area contributed by atoms with Gasteiger partial charge in [-0.25, -0.2) is 0 Å². The lowest BCUT2D eigenvalue weighted by molar-refractivity contribution is 1.12. The molecule has 0 radical (unpaired) electrons. The maximum atomic E-state index is 5.12. The summed E-state index contributed by atoms with van der Waals surface area (Å²) in [5.74, 6) is 0. The van der Waals surface area contributed by atoms with Crippen LogP contribution in [0, 0.1) is 6.92 Å². The summed E-state index contributed by atoms with van der Waals surface area (Å²) in [6, 6.07) is 8.24. The van der Waals surface area contributed by atoms with E-state index in [0.717, 1.165) is 10.8 Å². The first-order valence-electron chi connectivity index (χ1n) is 4.17. The molecule has 1 aromatic carbocycles. The first-order valence-corrected chi connectivity index (χ1v) is 4.58. The third-order valence-electron chi connectivity index (χ3n) is 1.91. The second-order valence-corrected chi connectivity index (χ2v) is 3.34. The number of hydrogen-bond donors (Lipinski definition) is 1. The predicted octanol–water partition coefficient (Wildman–Crippen LogP) is 1.94. The van der Waals surface area contributed by atoms with Crippen LogP contribution < -0.4 is 10.2 Å². The second-order valence-electron chi connectivity index (χ2n) is 2.95. The summed E-state index contributed by atoms with van der Waals surface area (Å²) in [7, 11) is 3.78. The second kappa shape index (κ2) is 4.23. The van der Waals surface area contributed by atoms with Crippen LogP contribution in [0.25, 0.3) is 0 Å². The van der Waals surface area contributed by atoms with E-state index in [-0.39, 0.29) is 0 Å². The molecule has 1 N–H and O–H groups in total. The molecule has 0 amide bonds. The largest absolute Gasteiger partial charge is 0.365 e. The Labute approximate surface area is 84.6 Å². The van der Waals surface area contributed by atoms with Gasteiger partial charge in [-0.05, 0) is 36.8 Å². The molecule has 0 saturated carbocycles. The number of thiocarbonyl (C=S) groups is 1. The van der Waals surface area contributed by atoms with E-state index in [1.54, 1.807) is 0 Å². The van der Waals surface area contributed by atoms with Crippen molar-refractivity contribution in [2.24, 2.45) is 0 Å². The molecular weight excluding hydrogens is 180 g/mol. The fourth-order valence-electron chi connectivity index (χ4n) is 1.12. The molecule has 0 spiro atoms. The van der Waals surface area contributed by atoms with Gasteiger partial charge in [0.15, 0.2) is 5.11 Å². The van der Waals surface area contributed by atoms with Crippen LogP contribution in [0.2, 0.25) is 0 Å². The average molecular weight is 194 g/mol. The molecule has 2 nitrogen and oxygen atoms in total. The highest BCUT2D eigenvalue weighted by Gasteiger charge is 2.03. The standard InChI is InChI=1S/C10H14N2S/c1-8-5-4-6-9(7-8)12(3)10(13)11-2/h4-7H,1-3H3,(H,11,13). The van der Waals surface area contributed by atoms with Gasteiger partial charge in [0, 0.05) is 19.8 Å². The molecule has 70 valence electrons. The van der Waals surface area contributed by atoms with Crippen molar-refractivity contribution in [2.45, 2.75) is 6.92 Å². The Kier molecular flexibility index (Phi) is 3.25. The third-order valence-corrected chi connectivity index (χ3v) is 2.39. The molecule has 13 heavy (non-hydrogen) atoms. The van der Waals surface area contributed by atoms with Crippen LogP contribution in [0.1, 0.15) is 5.56 Å². The van der Waals surface area contributed by atoms with Crippen LogP contribution in [0.4, 0.5) is 5.69 Å². The minimum Gasteiger partial charge on any atom is -0.365 e. The molecule has 0 aliphatic carbocycles. The summed E-state index contributed by atoms with van der Waals surface area (Å²) >= 11 is 5.12. The number of hydrogen-bond acceptors (Lipinski definition) is 1. The normalized spacial score (nSPS) is 9.46. The molecule has 0 atom stereocenters. The maximum absolute atomic E-state index is 5.12. The van der Waals surface area contributed by atoms with Gasteiger partial charge in [0.1, 0.15) is 0 Å². The van der Waals surface area contributed by atoms with Crippen molar-refractivity contribution in [3.63, 3.8) is 0 Å². The Morgan fingerprint density at radius 3 is 2.69 bits per heavy atom. The fraction of sp³-hybridized carbons (Fsp3) is 0.300. The summed E-state index contributed by atoms with van der Waals surface area (Å²) in [5, 5.41) is 3.67. The minimum atomic E-state index is 0.727. The fourth-order valence-corrected chi connectivity index (χ4v) is 1.23. The molecule has 3 heteroatoms. The van der Waals surface area contributed by atoms with Crippen molar-refractivity contribution >= 4 is 23.0 Å². The number of nitrogens with one attached hydrogen (secondary N) is 1. The number of aryl methyl sites for hydroxylation is 1. The van der Waals surface area contributed by atoms with Gasteiger partial charge in [0.05, 0.1) is 0 Å². The van der Waals surface area contributed by atoms with Gasteiger partial charge in [0.25, 0.3) is 0 Å². The Balaban J connectivity index is 2.88. The number of benzene rings is 1. The van der Waals surface area contributed by atoms with Crippen molar-refractivity contribution in [3.05, 3.63) is 29.8 Å². The van der Waals surface area contributed by atoms with E-state index >= 15 is 0 Å². The SMILES string of the molecule is CNC(=S)N(C)c1cccc(C)c1. The highest BCUT2D eigenvalue weighted by Crippen LogP contribution is 2.13. The van der Waals surface area contributed by atoms with Crippen molar-refractivity contribution in [2.75, 3.05) is 19.0 Å². The highest BCUT2D eigenvalue weighted by atomic mass is 32.1. The summed E-state index contributed by atoms with van der Waals surface area (Å²) in [6.07, 6.45) is 0. The van der Waals surface area contributed by atoms with E-state index < -0.39 is 0 Å². The van der Waals surface area contributed by atoms with Crippen molar-refractivity contribution in [1.29, 1.82) is 0 Å². The van der Waals surface area contributed by atoms with Crippen LogP contribution in [-0.2, 0) is 0 Å². The molecule has 1 aromatic rings. The van der Waals surface area contributed by atoms with Crippen molar-refractivity contribution in [3.8, 4) is 0 Å². The molecule has 1 rings (SSSR count). The first-order chi connectivity index (χ1) is 6.15. The summed E-state index contributed by atoms with van der Waals surface area (Å²) in [5.41, 5.74) is 2.35. The molecule has 0 saturated heterocycles. The molecule has 0 unspecified atom stereocenters. The van der Waals surface area contributed by atoms with E-state index in [1.165, 1.54) is 5.56 Å². The van der Waals surface area contributed by atoms with Crippen LogP contribution >= 0.6 is 12.2 Å². The Morgan fingerprint density at radius 1 is 1.46 bits per heavy atom. The van der Waals surface area contributed by atoms with Gasteiger partial charge in [-0.15, -0.1) is 0 Å². The molecular formula is C10H14N2S. The summed E-state index contributed by atoms with van der Waals surface area (Å²) < 4.78 is 0. The van der Waals surface area contributed by atoms with Crippen LogP contribution in [0.3, 0.4) is 0 Å². The van der Waals surface area contributed by atoms with Gasteiger partial charge in [-0.2, -0.15) is 0 Å². The average Bonchev–Trinajstić information content (AvgIpc) is 2.15. The zero-order valence-electron chi connectivity index (χ0n) is 8.16. The monoisotopic (exact) mass is 194 g/mol. The number of nitrogens with zero attached hydrogens (tertiary/aromatic N) is 1. The van der Waals surface area contributed by atoms with Gasteiger partial charge in [-0.3, -0.25) is 0 Å². The van der Waals surface area contributed by atoms with E-state index in [1.807, 2.05) is 31.1 Å². The molecule has 0 aliphatic heterocycles. The zero-order chi connectivity index (χ0) is 9.84. The van der Waals surface area contributed by atoms with Gasteiger partial charge < -0.3 is 10.2 Å². The van der Waals surface area contributed by atoms with Gasteiger partial charge in [0.2, 0.25) is 0 Å². The summed E-state index contributed by atoms with van der Waals surface area (Å²) in [4.78, 5) is 1.95. The predicted molar refractivity (Wildman–Crippen MR) is 61.2 cm³/mol. The highest BCUT2D eigenvalue weighted by molar-refractivity contribution is 7.80. The summed E-state index contributed by atoms with van der Waals surface area (Å²) in [6.45, 7) is 2.07. The van der Waals surface area contributed by atoms with E-state index in [0.29, 0.717) is 0 Å². The van der Waals surface area contributed by atoms with Gasteiger partial charge in [-0.1, -0.05) is 12.1 Å². The topological polar surface area (TPSA) is 15.3 Å². The molecule has 0 bridgehead atoms. The lowest BCUT2D eigenvalue weighted by Gasteiger charge is -2.19. The van der Waals surface area contributed by atoms with E-state index in [4.69, 9.17) is 12.2 Å². The molecule has 0 fully saturated rings. The number of anilines is 1. The Morgan fingerprint density at radius 2 is 2.15 bits per heavy atom. The zero-order valence-corrected chi connectivity index (χ0v) is 8.98. The van der Waals surface area contributed by atoms with Crippen LogP contribution in [-0.4, -0.2) is 19.2 Å². The first kappa shape index (κ1) is 9.99. The lowest BCUT2D eigenvalue weighted by Crippen LogP contribution is -2.34. The third kappa shape index (κ3) is 2.42. The quantitative estimate of drug-likeness (QED) is 0.688. The van der Waals surface area contributed by atoms with Crippen molar-refractivity contribution < 1.29 is 0 Å². The Hall–Kier alpha value is -1.09. The number of rotatable bonds is 1. The van der Waals surface area contributed by atoms with Crippen LogP contribution in [0.5, 0.6) is 0 Å². The smallest absolute Gasteiger partial charge is 0.172 e. The van der Waals surface area contributed by atoms with E-state index in [9.17, 15) is 0 Å². The lowest BCUT2D eigenvalue weighted by atomic mass is 10.2. The van der Waals surface area contributed by atoms with E-state index in [2.05, 4.69) is 24.4 Å².